The molecule has 0 spiro atoms. The lowest BCUT2D eigenvalue weighted by Gasteiger charge is -2.06. The first-order valence-electron chi connectivity index (χ1n) is 6.64. The van der Waals surface area contributed by atoms with Gasteiger partial charge in [-0.15, -0.1) is 0 Å². The topological polar surface area (TPSA) is 65.5 Å². The molecule has 5 nitrogen and oxygen atoms in total. The van der Waals surface area contributed by atoms with E-state index >= 15 is 0 Å². The summed E-state index contributed by atoms with van der Waals surface area (Å²) in [5.74, 6) is -1.02. The number of carbonyl (C=O) groups excluding carboxylic acids is 2. The third-order valence-corrected chi connectivity index (χ3v) is 2.82. The second-order valence-corrected chi connectivity index (χ2v) is 4.40. The summed E-state index contributed by atoms with van der Waals surface area (Å²) >= 11 is 0. The first-order valence-corrected chi connectivity index (χ1v) is 6.64. The van der Waals surface area contributed by atoms with E-state index in [4.69, 9.17) is 9.47 Å². The van der Waals surface area contributed by atoms with Gasteiger partial charge in [0, 0.05) is 6.20 Å². The molecular weight excluding hydrogens is 282 g/mol. The second kappa shape index (κ2) is 7.73. The molecule has 0 aliphatic heterocycles. The summed E-state index contributed by atoms with van der Waals surface area (Å²) in [4.78, 5) is 27.4. The summed E-state index contributed by atoms with van der Waals surface area (Å²) in [7, 11) is 0. The van der Waals surface area contributed by atoms with Gasteiger partial charge in [0.1, 0.15) is 0 Å². The minimum atomic E-state index is -0.536. The van der Waals surface area contributed by atoms with E-state index in [0.29, 0.717) is 11.3 Å². The molecule has 0 amide bonds. The van der Waals surface area contributed by atoms with Gasteiger partial charge in [-0.1, -0.05) is 24.8 Å². The number of aromatic nitrogens is 1. The third kappa shape index (κ3) is 4.56. The van der Waals surface area contributed by atoms with Crippen molar-refractivity contribution in [3.8, 4) is 0 Å². The number of carbonyl (C=O) groups is 2. The highest BCUT2D eigenvalue weighted by Gasteiger charge is 2.09. The Hall–Kier alpha value is -2.95. The van der Waals surface area contributed by atoms with Crippen LogP contribution >= 0.6 is 0 Å². The van der Waals surface area contributed by atoms with E-state index in [1.54, 1.807) is 54.7 Å². The summed E-state index contributed by atoms with van der Waals surface area (Å²) in [6.45, 7) is 3.20. The van der Waals surface area contributed by atoms with E-state index in [-0.39, 0.29) is 6.42 Å². The van der Waals surface area contributed by atoms with Crippen molar-refractivity contribution in [2.75, 3.05) is 6.79 Å². The number of pyridine rings is 1. The van der Waals surface area contributed by atoms with Gasteiger partial charge in [-0.3, -0.25) is 9.78 Å². The predicted octanol–water partition coefficient (Wildman–Crippen LogP) is 2.62. The van der Waals surface area contributed by atoms with Gasteiger partial charge in [-0.2, -0.15) is 0 Å². The standard InChI is InChI=1S/C17H15NO4/c1-2-15-10-13(8-9-18-15)11-16(19)21-12-22-17(20)14-6-4-3-5-7-14/h2-10H,1,11-12H2. The van der Waals surface area contributed by atoms with Crippen molar-refractivity contribution in [3.63, 3.8) is 0 Å². The van der Waals surface area contributed by atoms with Crippen molar-refractivity contribution in [2.24, 2.45) is 0 Å². The molecule has 0 fully saturated rings. The Bertz CT molecular complexity index is 667. The van der Waals surface area contributed by atoms with Crippen LogP contribution in [0.3, 0.4) is 0 Å². The predicted molar refractivity (Wildman–Crippen MR) is 80.8 cm³/mol. The maximum absolute atomic E-state index is 11.7. The molecule has 0 atom stereocenters. The van der Waals surface area contributed by atoms with Crippen molar-refractivity contribution in [3.05, 3.63) is 72.1 Å². The zero-order valence-electron chi connectivity index (χ0n) is 11.9. The number of ether oxygens (including phenoxy) is 2. The molecule has 2 rings (SSSR count). The molecule has 22 heavy (non-hydrogen) atoms. The van der Waals surface area contributed by atoms with E-state index in [0.717, 1.165) is 5.56 Å². The largest absolute Gasteiger partial charge is 0.428 e. The lowest BCUT2D eigenvalue weighted by molar-refractivity contribution is -0.151. The smallest absolute Gasteiger partial charge is 0.340 e. The summed E-state index contributed by atoms with van der Waals surface area (Å²) < 4.78 is 9.75. The van der Waals surface area contributed by atoms with Crippen LogP contribution in [0.25, 0.3) is 6.08 Å². The molecule has 0 unspecified atom stereocenters. The van der Waals surface area contributed by atoms with Gasteiger partial charge in [-0.25, -0.2) is 4.79 Å². The lowest BCUT2D eigenvalue weighted by atomic mass is 10.1. The number of benzene rings is 1. The van der Waals surface area contributed by atoms with Gasteiger partial charge in [-0.05, 0) is 35.9 Å². The number of nitrogens with zero attached hydrogens (tertiary/aromatic N) is 1. The highest BCUT2D eigenvalue weighted by atomic mass is 16.7. The molecule has 0 radical (unpaired) electrons. The molecule has 2 aromatic rings. The third-order valence-electron chi connectivity index (χ3n) is 2.82. The number of hydrogen-bond donors (Lipinski definition) is 0. The van der Waals surface area contributed by atoms with Crippen molar-refractivity contribution < 1.29 is 19.1 Å². The number of hydrogen-bond acceptors (Lipinski definition) is 5. The molecule has 0 saturated heterocycles. The number of rotatable bonds is 6. The van der Waals surface area contributed by atoms with Crippen molar-refractivity contribution in [2.45, 2.75) is 6.42 Å². The average molecular weight is 297 g/mol. The Morgan fingerprint density at radius 1 is 1.14 bits per heavy atom. The minimum Gasteiger partial charge on any atom is -0.428 e. The molecule has 0 aliphatic rings. The van der Waals surface area contributed by atoms with E-state index < -0.39 is 18.7 Å². The minimum absolute atomic E-state index is 0.0756. The molecule has 5 heteroatoms. The van der Waals surface area contributed by atoms with Crippen LogP contribution in [0.2, 0.25) is 0 Å². The number of esters is 2. The fourth-order valence-electron chi connectivity index (χ4n) is 1.74. The van der Waals surface area contributed by atoms with Gasteiger partial charge in [0.2, 0.25) is 6.79 Å². The monoisotopic (exact) mass is 297 g/mol. The Labute approximate surface area is 128 Å². The lowest BCUT2D eigenvalue weighted by Crippen LogP contribution is -2.14. The SMILES string of the molecule is C=Cc1cc(CC(=O)OCOC(=O)c2ccccc2)ccn1. The zero-order chi connectivity index (χ0) is 15.8. The quantitative estimate of drug-likeness (QED) is 0.605. The summed E-state index contributed by atoms with van der Waals surface area (Å²) in [6, 6.07) is 11.9. The Morgan fingerprint density at radius 3 is 2.64 bits per heavy atom. The molecule has 0 bridgehead atoms. The van der Waals surface area contributed by atoms with Crippen LogP contribution in [-0.4, -0.2) is 23.7 Å². The molecule has 1 heterocycles. The van der Waals surface area contributed by atoms with E-state index in [9.17, 15) is 9.59 Å². The van der Waals surface area contributed by atoms with E-state index in [2.05, 4.69) is 11.6 Å². The maximum Gasteiger partial charge on any atom is 0.340 e. The molecule has 112 valence electrons. The van der Waals surface area contributed by atoms with Gasteiger partial charge in [0.25, 0.3) is 0 Å². The molecular formula is C17H15NO4. The summed E-state index contributed by atoms with van der Waals surface area (Å²) in [5.41, 5.74) is 1.84. The highest BCUT2D eigenvalue weighted by molar-refractivity contribution is 5.89. The van der Waals surface area contributed by atoms with Crippen LogP contribution in [-0.2, 0) is 20.7 Å². The highest BCUT2D eigenvalue weighted by Crippen LogP contribution is 2.05. The zero-order valence-corrected chi connectivity index (χ0v) is 11.9. The molecule has 0 saturated carbocycles. The average Bonchev–Trinajstić information content (AvgIpc) is 2.55. The first-order chi connectivity index (χ1) is 10.7. The maximum atomic E-state index is 11.7. The van der Waals surface area contributed by atoms with Gasteiger partial charge >= 0.3 is 11.9 Å². The first kappa shape index (κ1) is 15.4. The molecule has 0 aliphatic carbocycles. The van der Waals surface area contributed by atoms with Crippen molar-refractivity contribution >= 4 is 18.0 Å². The fraction of sp³-hybridized carbons (Fsp3) is 0.118. The van der Waals surface area contributed by atoms with Gasteiger partial charge in [0.15, 0.2) is 0 Å². The molecule has 0 N–H and O–H groups in total. The van der Waals surface area contributed by atoms with Crippen LogP contribution < -0.4 is 0 Å². The normalized spacial score (nSPS) is 9.82. The fourth-order valence-corrected chi connectivity index (χ4v) is 1.74. The van der Waals surface area contributed by atoms with Crippen LogP contribution in [0, 0.1) is 0 Å². The molecule has 1 aromatic carbocycles. The van der Waals surface area contributed by atoms with E-state index in [1.165, 1.54) is 0 Å². The van der Waals surface area contributed by atoms with Crippen LogP contribution in [0.15, 0.2) is 55.2 Å². The van der Waals surface area contributed by atoms with Crippen LogP contribution in [0.5, 0.6) is 0 Å². The van der Waals surface area contributed by atoms with Gasteiger partial charge < -0.3 is 9.47 Å². The Morgan fingerprint density at radius 2 is 1.91 bits per heavy atom. The van der Waals surface area contributed by atoms with E-state index in [1.807, 2.05) is 0 Å². The Kier molecular flexibility index (Phi) is 5.43. The van der Waals surface area contributed by atoms with Gasteiger partial charge in [0.05, 0.1) is 17.7 Å². The van der Waals surface area contributed by atoms with Crippen LogP contribution in [0.4, 0.5) is 0 Å². The molecule has 1 aromatic heterocycles. The summed E-state index contributed by atoms with van der Waals surface area (Å²) in [5, 5.41) is 0. The second-order valence-electron chi connectivity index (χ2n) is 4.40. The van der Waals surface area contributed by atoms with Crippen LogP contribution in [0.1, 0.15) is 21.6 Å². The van der Waals surface area contributed by atoms with Crippen molar-refractivity contribution in [1.29, 1.82) is 0 Å². The Balaban J connectivity index is 1.78. The van der Waals surface area contributed by atoms with Crippen molar-refractivity contribution in [1.82, 2.24) is 4.98 Å². The summed E-state index contributed by atoms with van der Waals surface area (Å²) in [6.07, 6.45) is 3.26.